The highest BCUT2D eigenvalue weighted by Gasteiger charge is 2.26. The molecule has 4 nitrogen and oxygen atoms in total. The number of rotatable bonds is 3. The zero-order valence-electron chi connectivity index (χ0n) is 6.40. The Hall–Kier alpha value is -0.820. The Morgan fingerprint density at radius 3 is 2.42 bits per heavy atom. The zero-order chi connectivity index (χ0) is 9.78. The van der Waals surface area contributed by atoms with Crippen LogP contribution >= 0.6 is 0 Å². The summed E-state index contributed by atoms with van der Waals surface area (Å²) in [4.78, 5) is 10.6. The van der Waals surface area contributed by atoms with Gasteiger partial charge >= 0.3 is 6.18 Å². The monoisotopic (exact) mass is 185 g/mol. The fraction of sp³-hybridized carbons (Fsp3) is 0.800. The zero-order valence-corrected chi connectivity index (χ0v) is 6.40. The highest BCUT2D eigenvalue weighted by Crippen LogP contribution is 2.11. The van der Waals surface area contributed by atoms with Crippen LogP contribution in [0.3, 0.4) is 0 Å². The normalized spacial score (nSPS) is 14.1. The van der Waals surface area contributed by atoms with Crippen LogP contribution in [0.2, 0.25) is 0 Å². The number of halogens is 3. The quantitative estimate of drug-likeness (QED) is 0.520. The van der Waals surface area contributed by atoms with Gasteiger partial charge in [0.05, 0.1) is 6.04 Å². The van der Waals surface area contributed by atoms with E-state index >= 15 is 0 Å². The number of carbonyl (C=O) groups excluding carboxylic acids is 1. The van der Waals surface area contributed by atoms with E-state index in [0.29, 0.717) is 0 Å². The maximum atomic E-state index is 11.5. The van der Waals surface area contributed by atoms with Crippen molar-refractivity contribution in [3.8, 4) is 0 Å². The minimum atomic E-state index is -4.34. The first kappa shape index (κ1) is 11.2. The smallest absolute Gasteiger partial charge is 0.320 e. The molecule has 12 heavy (non-hydrogen) atoms. The van der Waals surface area contributed by atoms with Crippen molar-refractivity contribution in [2.75, 3.05) is 6.54 Å². The van der Waals surface area contributed by atoms with Gasteiger partial charge in [-0.3, -0.25) is 10.2 Å². The fourth-order valence-electron chi connectivity index (χ4n) is 0.345. The van der Waals surface area contributed by atoms with E-state index in [1.165, 1.54) is 6.92 Å². The summed E-state index contributed by atoms with van der Waals surface area (Å²) in [5.74, 6) is -0.681. The summed E-state index contributed by atoms with van der Waals surface area (Å²) in [7, 11) is 0. The van der Waals surface area contributed by atoms with Crippen molar-refractivity contribution in [1.29, 1.82) is 0 Å². The molecular formula is C5H10F3N3O. The van der Waals surface area contributed by atoms with E-state index in [-0.39, 0.29) is 0 Å². The van der Waals surface area contributed by atoms with Gasteiger partial charge in [0.15, 0.2) is 0 Å². The topological polar surface area (TPSA) is 67.2 Å². The van der Waals surface area contributed by atoms with E-state index < -0.39 is 24.7 Å². The fourth-order valence-corrected chi connectivity index (χ4v) is 0.345. The van der Waals surface area contributed by atoms with E-state index in [4.69, 9.17) is 5.73 Å². The molecule has 1 atom stereocenters. The molecule has 0 aromatic rings. The number of hydrazine groups is 1. The molecule has 0 bridgehead atoms. The van der Waals surface area contributed by atoms with Crippen LogP contribution < -0.4 is 16.6 Å². The molecule has 1 unspecified atom stereocenters. The summed E-state index contributed by atoms with van der Waals surface area (Å²) in [5.41, 5.74) is 8.56. The van der Waals surface area contributed by atoms with Gasteiger partial charge in [-0.2, -0.15) is 13.2 Å². The van der Waals surface area contributed by atoms with Gasteiger partial charge in [0.25, 0.3) is 5.91 Å². The Morgan fingerprint density at radius 2 is 2.08 bits per heavy atom. The van der Waals surface area contributed by atoms with Crippen LogP contribution in [0.1, 0.15) is 6.92 Å². The second-order valence-electron chi connectivity index (χ2n) is 2.25. The number of nitrogens with two attached hydrogens (primary N) is 1. The number of amides is 1. The first-order valence-electron chi connectivity index (χ1n) is 3.18. The summed E-state index contributed by atoms with van der Waals surface area (Å²) in [6, 6.07) is -0.828. The van der Waals surface area contributed by atoms with Gasteiger partial charge in [-0.15, -0.1) is 0 Å². The largest absolute Gasteiger partial charge is 0.402 e. The van der Waals surface area contributed by atoms with Crippen LogP contribution in [0.4, 0.5) is 13.2 Å². The maximum absolute atomic E-state index is 11.5. The molecule has 7 heteroatoms. The van der Waals surface area contributed by atoms with Crippen molar-refractivity contribution in [3.05, 3.63) is 0 Å². The van der Waals surface area contributed by atoms with Crippen LogP contribution in [0.25, 0.3) is 0 Å². The van der Waals surface area contributed by atoms with Crippen LogP contribution in [0, 0.1) is 0 Å². The molecule has 0 fully saturated rings. The summed E-state index contributed by atoms with van der Waals surface area (Å²) in [6.45, 7) is 0.0933. The summed E-state index contributed by atoms with van der Waals surface area (Å²) in [6.07, 6.45) is -4.34. The van der Waals surface area contributed by atoms with Crippen LogP contribution in [0.15, 0.2) is 0 Å². The first-order valence-corrected chi connectivity index (χ1v) is 3.18. The van der Waals surface area contributed by atoms with Gasteiger partial charge < -0.3 is 5.73 Å². The molecule has 4 N–H and O–H groups in total. The Morgan fingerprint density at radius 1 is 1.58 bits per heavy atom. The third kappa shape index (κ3) is 5.93. The second kappa shape index (κ2) is 4.27. The van der Waals surface area contributed by atoms with Crippen molar-refractivity contribution in [2.24, 2.45) is 5.73 Å². The van der Waals surface area contributed by atoms with Gasteiger partial charge in [0, 0.05) is 0 Å². The van der Waals surface area contributed by atoms with Gasteiger partial charge in [0.2, 0.25) is 0 Å². The Labute approximate surface area is 67.3 Å². The number of hydrogen-bond donors (Lipinski definition) is 3. The van der Waals surface area contributed by atoms with Crippen molar-refractivity contribution < 1.29 is 18.0 Å². The average Bonchev–Trinajstić information content (AvgIpc) is 1.84. The average molecular weight is 185 g/mol. The lowest BCUT2D eigenvalue weighted by Gasteiger charge is -2.10. The molecule has 0 aliphatic heterocycles. The summed E-state index contributed by atoms with van der Waals surface area (Å²) < 4.78 is 34.4. The molecule has 0 rings (SSSR count). The number of carbonyl (C=O) groups is 1. The Kier molecular flexibility index (Phi) is 3.98. The van der Waals surface area contributed by atoms with Crippen LogP contribution in [-0.2, 0) is 4.79 Å². The van der Waals surface area contributed by atoms with E-state index in [9.17, 15) is 18.0 Å². The van der Waals surface area contributed by atoms with Crippen molar-refractivity contribution in [1.82, 2.24) is 10.9 Å². The molecule has 0 aromatic carbocycles. The number of hydrogen-bond acceptors (Lipinski definition) is 3. The second-order valence-corrected chi connectivity index (χ2v) is 2.25. The SMILES string of the molecule is CC(N)C(=O)NNCC(F)(F)F. The Balaban J connectivity index is 3.51. The lowest BCUT2D eigenvalue weighted by Crippen LogP contribution is -2.48. The van der Waals surface area contributed by atoms with Crippen molar-refractivity contribution >= 4 is 5.91 Å². The van der Waals surface area contributed by atoms with Gasteiger partial charge in [-0.05, 0) is 6.92 Å². The van der Waals surface area contributed by atoms with E-state index in [1.807, 2.05) is 0 Å². The minimum absolute atomic E-state index is 0.681. The third-order valence-corrected chi connectivity index (χ3v) is 0.914. The number of alkyl halides is 3. The molecule has 0 radical (unpaired) electrons. The lowest BCUT2D eigenvalue weighted by molar-refractivity contribution is -0.132. The molecule has 0 saturated heterocycles. The van der Waals surface area contributed by atoms with Crippen molar-refractivity contribution in [2.45, 2.75) is 19.1 Å². The molecule has 0 aromatic heterocycles. The first-order chi connectivity index (χ1) is 5.33. The lowest BCUT2D eigenvalue weighted by atomic mass is 10.3. The predicted molar refractivity (Wildman–Crippen MR) is 35.8 cm³/mol. The van der Waals surface area contributed by atoms with Gasteiger partial charge in [-0.1, -0.05) is 0 Å². The molecule has 0 saturated carbocycles. The highest BCUT2D eigenvalue weighted by atomic mass is 19.4. The van der Waals surface area contributed by atoms with E-state index in [1.54, 1.807) is 10.9 Å². The van der Waals surface area contributed by atoms with E-state index in [0.717, 1.165) is 0 Å². The molecule has 0 spiro atoms. The molecular weight excluding hydrogens is 175 g/mol. The standard InChI is InChI=1S/C5H10F3N3O/c1-3(9)4(12)11-10-2-5(6,7)8/h3,10H,2,9H2,1H3,(H,11,12). The minimum Gasteiger partial charge on any atom is -0.320 e. The predicted octanol–water partition coefficient (Wildman–Crippen LogP) is -0.483. The molecule has 72 valence electrons. The Bertz CT molecular complexity index is 157. The summed E-state index contributed by atoms with van der Waals surface area (Å²) in [5, 5.41) is 0. The van der Waals surface area contributed by atoms with Gasteiger partial charge in [0.1, 0.15) is 6.54 Å². The molecule has 0 heterocycles. The van der Waals surface area contributed by atoms with Crippen molar-refractivity contribution in [3.63, 3.8) is 0 Å². The van der Waals surface area contributed by atoms with Crippen LogP contribution in [-0.4, -0.2) is 24.7 Å². The molecule has 0 aliphatic rings. The highest BCUT2D eigenvalue weighted by molar-refractivity contribution is 5.80. The molecule has 1 amide bonds. The van der Waals surface area contributed by atoms with Crippen LogP contribution in [0.5, 0.6) is 0 Å². The maximum Gasteiger partial charge on any atom is 0.402 e. The number of nitrogens with one attached hydrogen (secondary N) is 2. The third-order valence-electron chi connectivity index (χ3n) is 0.914. The van der Waals surface area contributed by atoms with Gasteiger partial charge in [-0.25, -0.2) is 5.43 Å². The molecule has 0 aliphatic carbocycles. The summed E-state index contributed by atoms with van der Waals surface area (Å²) >= 11 is 0. The van der Waals surface area contributed by atoms with E-state index in [2.05, 4.69) is 0 Å².